The Balaban J connectivity index is 1.48. The van der Waals surface area contributed by atoms with Gasteiger partial charge < -0.3 is 18.8 Å². The second kappa shape index (κ2) is 10.5. The summed E-state index contributed by atoms with van der Waals surface area (Å²) in [6, 6.07) is 8.56. The highest BCUT2D eigenvalue weighted by Crippen LogP contribution is 2.75. The van der Waals surface area contributed by atoms with E-state index in [9.17, 15) is 4.79 Å². The van der Waals surface area contributed by atoms with E-state index in [1.807, 2.05) is 6.07 Å². The molecule has 0 aliphatic heterocycles. The molecule has 7 rings (SSSR count). The number of methoxy groups -OCH3 is 3. The summed E-state index contributed by atoms with van der Waals surface area (Å²) < 4.78 is 19.7. The van der Waals surface area contributed by atoms with E-state index in [0.717, 1.165) is 66.1 Å². The fraction of sp³-hybridized carbons (Fsp3) is 0.585. The first-order valence-electron chi connectivity index (χ1n) is 17.4. The molecular weight excluding hydrogens is 606 g/mol. The molecule has 6 heteroatoms. The van der Waals surface area contributed by atoms with Gasteiger partial charge in [0.2, 0.25) is 0 Å². The lowest BCUT2D eigenvalue weighted by atomic mass is 9.34. The average molecular weight is 658 g/mol. The first-order chi connectivity index (χ1) is 22.1. The van der Waals surface area contributed by atoms with Crippen molar-refractivity contribution in [2.75, 3.05) is 21.3 Å². The van der Waals surface area contributed by atoms with Crippen LogP contribution in [0, 0.1) is 34.5 Å². The molecule has 0 spiro atoms. The first kappa shape index (κ1) is 32.6. The van der Waals surface area contributed by atoms with Gasteiger partial charge in [0.1, 0.15) is 0 Å². The number of carbonyl (C=O) groups excluding carboxylic acids is 1. The number of nitrogens with zero attached hydrogens (tertiary/aromatic N) is 1. The van der Waals surface area contributed by atoms with E-state index >= 15 is 0 Å². The number of carbonyl (C=O) groups is 1. The molecule has 47 heavy (non-hydrogen) atoms. The Morgan fingerprint density at radius 3 is 2.34 bits per heavy atom. The number of esters is 1. The lowest BCUT2D eigenvalue weighted by Crippen LogP contribution is -2.62. The molecule has 2 aromatic carbocycles. The van der Waals surface area contributed by atoms with Crippen LogP contribution in [0.25, 0.3) is 10.9 Å². The number of aryl methyl sites for hydroxylation is 1. The zero-order chi connectivity index (χ0) is 33.9. The van der Waals surface area contributed by atoms with Gasteiger partial charge >= 0.3 is 5.97 Å². The van der Waals surface area contributed by atoms with Crippen molar-refractivity contribution in [3.8, 4) is 11.5 Å². The molecule has 0 amide bonds. The summed E-state index contributed by atoms with van der Waals surface area (Å²) in [4.78, 5) is 13.2. The Morgan fingerprint density at radius 2 is 1.66 bits per heavy atom. The van der Waals surface area contributed by atoms with Gasteiger partial charge in [0.25, 0.3) is 0 Å². The van der Waals surface area contributed by atoms with Crippen molar-refractivity contribution in [2.24, 2.45) is 34.6 Å². The van der Waals surface area contributed by atoms with Crippen LogP contribution in [0.3, 0.4) is 0 Å². The zero-order valence-corrected chi connectivity index (χ0v) is 30.8. The van der Waals surface area contributed by atoms with Gasteiger partial charge in [0.05, 0.1) is 26.7 Å². The summed E-state index contributed by atoms with van der Waals surface area (Å²) in [5.41, 5.74) is 7.41. The second-order valence-corrected chi connectivity index (χ2v) is 17.1. The van der Waals surface area contributed by atoms with Gasteiger partial charge in [0.15, 0.2) is 11.5 Å². The van der Waals surface area contributed by atoms with Crippen molar-refractivity contribution >= 4 is 28.5 Å². The van der Waals surface area contributed by atoms with Crippen molar-refractivity contribution < 1.29 is 19.0 Å². The van der Waals surface area contributed by atoms with E-state index in [-0.39, 0.29) is 33.5 Å². The molecule has 4 aliphatic carbocycles. The molecule has 0 radical (unpaired) electrons. The van der Waals surface area contributed by atoms with Gasteiger partial charge in [0, 0.05) is 40.5 Å². The molecule has 0 N–H and O–H groups in total. The molecule has 3 fully saturated rings. The molecule has 252 valence electrons. The Kier molecular flexibility index (Phi) is 7.31. The third kappa shape index (κ3) is 4.23. The maximum absolute atomic E-state index is 13.2. The van der Waals surface area contributed by atoms with Crippen LogP contribution in [-0.2, 0) is 22.0 Å². The summed E-state index contributed by atoms with van der Waals surface area (Å²) >= 11 is 6.52. The second-order valence-electron chi connectivity index (χ2n) is 16.7. The van der Waals surface area contributed by atoms with Gasteiger partial charge in [-0.25, -0.2) is 0 Å². The van der Waals surface area contributed by atoms with Crippen molar-refractivity contribution in [2.45, 2.75) is 97.8 Å². The van der Waals surface area contributed by atoms with Crippen molar-refractivity contribution in [1.29, 1.82) is 0 Å². The summed E-state index contributed by atoms with van der Waals surface area (Å²) in [7, 11) is 7.17. The number of halogens is 1. The number of ether oxygens (including phenoxy) is 3. The molecule has 3 saturated carbocycles. The number of aromatic nitrogens is 1. The molecule has 1 heterocycles. The SMILES string of the molecule is COC(=O)[C@]1(C)CC[C@]2(C)CC[C@]3(C)C4=CC(c5cn(C)c6cc(Cl)ccc56)c5c(cc(OC)c(OC)c5C)[C@]4(C)CC[C@@]3(C)[C@H]2C1. The average Bonchev–Trinajstić information content (AvgIpc) is 3.37. The van der Waals surface area contributed by atoms with Crippen molar-refractivity contribution in [1.82, 2.24) is 4.57 Å². The fourth-order valence-electron chi connectivity index (χ4n) is 11.4. The van der Waals surface area contributed by atoms with Crippen LogP contribution in [-0.4, -0.2) is 31.9 Å². The monoisotopic (exact) mass is 657 g/mol. The van der Waals surface area contributed by atoms with Crippen LogP contribution in [0.2, 0.25) is 5.02 Å². The van der Waals surface area contributed by atoms with E-state index in [0.29, 0.717) is 5.92 Å². The number of hydrogen-bond acceptors (Lipinski definition) is 4. The quantitative estimate of drug-likeness (QED) is 0.207. The molecular formula is C41H52ClNO4. The number of allylic oxidation sites excluding steroid dienone is 2. The van der Waals surface area contributed by atoms with Gasteiger partial charge in [-0.05, 0) is 121 Å². The first-order valence-corrected chi connectivity index (χ1v) is 17.8. The molecule has 5 nitrogen and oxygen atoms in total. The van der Waals surface area contributed by atoms with E-state index in [2.05, 4.69) is 83.6 Å². The highest BCUT2D eigenvalue weighted by atomic mass is 35.5. The number of fused-ring (bicyclic) bond motifs is 8. The highest BCUT2D eigenvalue weighted by Gasteiger charge is 2.67. The number of rotatable bonds is 4. The minimum atomic E-state index is -0.442. The smallest absolute Gasteiger partial charge is 0.311 e. The normalized spacial score (nSPS) is 36.0. The van der Waals surface area contributed by atoms with Crippen LogP contribution in [0.4, 0.5) is 0 Å². The van der Waals surface area contributed by atoms with Crippen LogP contribution in [0.15, 0.2) is 42.1 Å². The lowest BCUT2D eigenvalue weighted by molar-refractivity contribution is -0.179. The van der Waals surface area contributed by atoms with E-state index in [1.54, 1.807) is 26.9 Å². The third-order valence-corrected chi connectivity index (χ3v) is 14.7. The van der Waals surface area contributed by atoms with E-state index in [4.69, 9.17) is 25.8 Å². The minimum Gasteiger partial charge on any atom is -0.493 e. The molecule has 1 aromatic heterocycles. The predicted octanol–water partition coefficient (Wildman–Crippen LogP) is 10.1. The summed E-state index contributed by atoms with van der Waals surface area (Å²) in [5, 5.41) is 1.97. The van der Waals surface area contributed by atoms with Gasteiger partial charge in [-0.1, -0.05) is 57.0 Å². The maximum atomic E-state index is 13.2. The van der Waals surface area contributed by atoms with Crippen LogP contribution >= 0.6 is 11.6 Å². The van der Waals surface area contributed by atoms with E-state index < -0.39 is 5.41 Å². The number of benzene rings is 2. The highest BCUT2D eigenvalue weighted by molar-refractivity contribution is 6.31. The van der Waals surface area contributed by atoms with Gasteiger partial charge in [-0.3, -0.25) is 4.79 Å². The zero-order valence-electron chi connectivity index (χ0n) is 30.0. The van der Waals surface area contributed by atoms with Crippen LogP contribution in [0.5, 0.6) is 11.5 Å². The largest absolute Gasteiger partial charge is 0.493 e. The lowest BCUT2D eigenvalue weighted by Gasteiger charge is -2.70. The predicted molar refractivity (Wildman–Crippen MR) is 190 cm³/mol. The van der Waals surface area contributed by atoms with Gasteiger partial charge in [-0.15, -0.1) is 0 Å². The van der Waals surface area contributed by atoms with Crippen LogP contribution < -0.4 is 9.47 Å². The standard InChI is InChI=1S/C41H52ClNO4/c1-24-34-27(28-23-43(7)30-19-25(42)11-12-26(28)30)20-32-39(4,29(34)21-31(45-8)35(24)46-9)16-18-41(6)33-22-38(3,36(44)47-10)14-13-37(33,2)15-17-40(32,41)5/h11-12,19-21,23,27,33H,13-18,22H2,1-10H3/t27?,33-,37+,38+,39-,40+,41-/m0/s1. The Labute approximate surface area is 286 Å². The Hall–Kier alpha value is -2.92. The van der Waals surface area contributed by atoms with Crippen molar-refractivity contribution in [3.05, 3.63) is 69.4 Å². The summed E-state index contributed by atoms with van der Waals surface area (Å²) in [6.07, 6.45) is 12.3. The number of hydrogen-bond donors (Lipinski definition) is 0. The summed E-state index contributed by atoms with van der Waals surface area (Å²) in [5.74, 6) is 2.02. The Bertz CT molecular complexity index is 1840. The maximum Gasteiger partial charge on any atom is 0.311 e. The molecule has 1 unspecified atom stereocenters. The third-order valence-electron chi connectivity index (χ3n) is 14.5. The molecule has 0 bridgehead atoms. The van der Waals surface area contributed by atoms with Gasteiger partial charge in [-0.2, -0.15) is 0 Å². The summed E-state index contributed by atoms with van der Waals surface area (Å²) in [6.45, 7) is 14.5. The fourth-order valence-corrected chi connectivity index (χ4v) is 11.6. The molecule has 0 saturated heterocycles. The molecule has 3 aromatic rings. The molecule has 4 aliphatic rings. The van der Waals surface area contributed by atoms with Crippen molar-refractivity contribution in [3.63, 3.8) is 0 Å². The Morgan fingerprint density at radius 1 is 0.936 bits per heavy atom. The van der Waals surface area contributed by atoms with E-state index in [1.165, 1.54) is 28.5 Å². The molecule has 7 atom stereocenters. The minimum absolute atomic E-state index is 0.0288. The van der Waals surface area contributed by atoms with Crippen LogP contribution in [0.1, 0.15) is 108 Å². The topological polar surface area (TPSA) is 49.7 Å².